The zero-order chi connectivity index (χ0) is 17.3. The summed E-state index contributed by atoms with van der Waals surface area (Å²) in [5.41, 5.74) is 0.720. The molecule has 1 saturated heterocycles. The largest absolute Gasteiger partial charge is 0.490 e. The number of pyridine rings is 1. The van der Waals surface area contributed by atoms with E-state index in [4.69, 9.17) is 4.74 Å². The highest BCUT2D eigenvalue weighted by Crippen LogP contribution is 2.25. The number of hydrogen-bond acceptors (Lipinski definition) is 5. The molecule has 0 aliphatic carbocycles. The Labute approximate surface area is 145 Å². The number of nitrogens with zero attached hydrogens (tertiary/aromatic N) is 2. The number of sulfonamides is 1. The van der Waals surface area contributed by atoms with E-state index in [1.807, 2.05) is 13.0 Å². The molecule has 2 aromatic rings. The Bertz CT molecular complexity index is 864. The van der Waals surface area contributed by atoms with Gasteiger partial charge in [0.05, 0.1) is 0 Å². The van der Waals surface area contributed by atoms with E-state index < -0.39 is 10.0 Å². The Hall–Kier alpha value is -1.64. The first-order chi connectivity index (χ1) is 11.4. The number of ether oxygens (including phenoxy) is 1. The highest BCUT2D eigenvalue weighted by molar-refractivity contribution is 7.91. The molecule has 1 aliphatic rings. The highest BCUT2D eigenvalue weighted by Gasteiger charge is 2.30. The van der Waals surface area contributed by atoms with Gasteiger partial charge in [-0.3, -0.25) is 4.79 Å². The maximum Gasteiger partial charge on any atom is 0.254 e. The van der Waals surface area contributed by atoms with E-state index in [-0.39, 0.29) is 11.7 Å². The van der Waals surface area contributed by atoms with Gasteiger partial charge in [0.2, 0.25) is 0 Å². The fourth-order valence-corrected chi connectivity index (χ4v) is 5.34. The van der Waals surface area contributed by atoms with E-state index in [2.05, 4.69) is 0 Å². The Kier molecular flexibility index (Phi) is 4.80. The lowest BCUT2D eigenvalue weighted by Gasteiger charge is -2.31. The molecule has 0 saturated carbocycles. The van der Waals surface area contributed by atoms with Gasteiger partial charge < -0.3 is 9.30 Å². The van der Waals surface area contributed by atoms with Gasteiger partial charge in [-0.2, -0.15) is 4.31 Å². The van der Waals surface area contributed by atoms with Crippen LogP contribution in [0.4, 0.5) is 0 Å². The summed E-state index contributed by atoms with van der Waals surface area (Å²) in [7, 11) is -1.67. The Morgan fingerprint density at radius 1 is 1.25 bits per heavy atom. The summed E-state index contributed by atoms with van der Waals surface area (Å²) < 4.78 is 34.3. The van der Waals surface area contributed by atoms with E-state index in [1.165, 1.54) is 21.7 Å². The van der Waals surface area contributed by atoms with E-state index in [0.717, 1.165) is 5.69 Å². The molecule has 0 aromatic carbocycles. The van der Waals surface area contributed by atoms with E-state index >= 15 is 0 Å². The van der Waals surface area contributed by atoms with Crippen LogP contribution in [0.3, 0.4) is 0 Å². The molecule has 3 heterocycles. The lowest BCUT2D eigenvalue weighted by Crippen LogP contribution is -2.41. The van der Waals surface area contributed by atoms with Crippen molar-refractivity contribution < 1.29 is 13.2 Å². The molecule has 6 nitrogen and oxygen atoms in total. The van der Waals surface area contributed by atoms with E-state index in [0.29, 0.717) is 35.9 Å². The zero-order valence-corrected chi connectivity index (χ0v) is 15.3. The third-order valence-corrected chi connectivity index (χ3v) is 7.54. The summed E-state index contributed by atoms with van der Waals surface area (Å²) in [6.07, 6.45) is 1.14. The molecule has 1 fully saturated rings. The lowest BCUT2D eigenvalue weighted by molar-refractivity contribution is 0.135. The van der Waals surface area contributed by atoms with Gasteiger partial charge in [-0.25, -0.2) is 8.42 Å². The summed E-state index contributed by atoms with van der Waals surface area (Å²) in [5, 5.41) is 1.76. The second-order valence-corrected chi connectivity index (χ2v) is 9.00. The molecule has 0 spiro atoms. The van der Waals surface area contributed by atoms with Gasteiger partial charge in [0.25, 0.3) is 15.6 Å². The predicted octanol–water partition coefficient (Wildman–Crippen LogP) is 1.99. The number of aryl methyl sites for hydroxylation is 1. The zero-order valence-electron chi connectivity index (χ0n) is 13.6. The summed E-state index contributed by atoms with van der Waals surface area (Å²) >= 11 is 1.23. The monoisotopic (exact) mass is 368 g/mol. The van der Waals surface area contributed by atoms with Crippen LogP contribution >= 0.6 is 11.3 Å². The van der Waals surface area contributed by atoms with Gasteiger partial charge in [-0.1, -0.05) is 6.07 Å². The van der Waals surface area contributed by atoms with Crippen molar-refractivity contribution in [2.24, 2.45) is 7.05 Å². The van der Waals surface area contributed by atoms with Crippen LogP contribution < -0.4 is 10.3 Å². The van der Waals surface area contributed by atoms with Crippen LogP contribution in [0.25, 0.3) is 0 Å². The first kappa shape index (κ1) is 17.2. The van der Waals surface area contributed by atoms with E-state index in [9.17, 15) is 13.2 Å². The molecule has 1 aliphatic heterocycles. The lowest BCUT2D eigenvalue weighted by atomic mass is 10.1. The summed E-state index contributed by atoms with van der Waals surface area (Å²) in [4.78, 5) is 11.8. The van der Waals surface area contributed by atoms with Gasteiger partial charge in [-0.15, -0.1) is 11.3 Å². The number of rotatable bonds is 4. The predicted molar refractivity (Wildman–Crippen MR) is 93.1 cm³/mol. The third kappa shape index (κ3) is 3.40. The second kappa shape index (κ2) is 6.70. The van der Waals surface area contributed by atoms with Gasteiger partial charge in [0, 0.05) is 31.9 Å². The smallest absolute Gasteiger partial charge is 0.254 e. The van der Waals surface area contributed by atoms with Crippen molar-refractivity contribution in [2.75, 3.05) is 13.1 Å². The maximum absolute atomic E-state index is 12.5. The quantitative estimate of drug-likeness (QED) is 0.828. The first-order valence-corrected chi connectivity index (χ1v) is 10.1. The average Bonchev–Trinajstić information content (AvgIpc) is 3.08. The van der Waals surface area contributed by atoms with Crippen molar-refractivity contribution in [1.29, 1.82) is 0 Å². The number of aromatic nitrogens is 1. The molecular weight excluding hydrogens is 348 g/mol. The minimum absolute atomic E-state index is 0.0775. The molecule has 2 aromatic heterocycles. The van der Waals surface area contributed by atoms with Crippen molar-refractivity contribution in [1.82, 2.24) is 8.87 Å². The number of thiophene rings is 1. The first-order valence-electron chi connectivity index (χ1n) is 7.76. The van der Waals surface area contributed by atoms with Gasteiger partial charge in [0.1, 0.15) is 16.1 Å². The topological polar surface area (TPSA) is 68.6 Å². The maximum atomic E-state index is 12.5. The van der Waals surface area contributed by atoms with Crippen LogP contribution in [0.5, 0.6) is 5.75 Å². The van der Waals surface area contributed by atoms with Crippen molar-refractivity contribution in [3.63, 3.8) is 0 Å². The minimum atomic E-state index is -3.39. The number of hydrogen-bond donors (Lipinski definition) is 0. The standard InChI is InChI=1S/C16H20N2O4S2/c1-12-10-14(11-15(19)17(12)2)22-13-5-7-18(8-6-13)24(20,21)16-4-3-9-23-16/h3-4,9-11,13H,5-8H2,1-2H3. The fourth-order valence-electron chi connectivity index (χ4n) is 2.73. The Balaban J connectivity index is 1.65. The average molecular weight is 368 g/mol. The van der Waals surface area contributed by atoms with Gasteiger partial charge >= 0.3 is 0 Å². The molecule has 130 valence electrons. The van der Waals surface area contributed by atoms with Crippen LogP contribution in [-0.2, 0) is 17.1 Å². The molecule has 0 radical (unpaired) electrons. The minimum Gasteiger partial charge on any atom is -0.490 e. The Morgan fingerprint density at radius 2 is 1.96 bits per heavy atom. The molecule has 24 heavy (non-hydrogen) atoms. The molecule has 0 atom stereocenters. The van der Waals surface area contributed by atoms with E-state index in [1.54, 1.807) is 29.1 Å². The van der Waals surface area contributed by atoms with Crippen molar-refractivity contribution in [3.8, 4) is 5.75 Å². The SMILES string of the molecule is Cc1cc(OC2CCN(S(=O)(=O)c3cccs3)CC2)cc(=O)n1C. The molecule has 8 heteroatoms. The molecule has 3 rings (SSSR count). The summed E-state index contributed by atoms with van der Waals surface area (Å²) in [6.45, 7) is 2.70. The molecule has 0 unspecified atom stereocenters. The number of piperidine rings is 1. The van der Waals surface area contributed by atoms with Gasteiger partial charge in [-0.05, 0) is 37.3 Å². The normalized spacial score (nSPS) is 17.1. The summed E-state index contributed by atoms with van der Waals surface area (Å²) in [5.74, 6) is 0.551. The second-order valence-electron chi connectivity index (χ2n) is 5.88. The third-order valence-electron chi connectivity index (χ3n) is 4.27. The van der Waals surface area contributed by atoms with Crippen molar-refractivity contribution >= 4 is 21.4 Å². The van der Waals surface area contributed by atoms with Crippen molar-refractivity contribution in [3.05, 3.63) is 45.7 Å². The van der Waals surface area contributed by atoms with Gasteiger partial charge in [0.15, 0.2) is 0 Å². The van der Waals surface area contributed by atoms with Crippen LogP contribution in [0.1, 0.15) is 18.5 Å². The summed E-state index contributed by atoms with van der Waals surface area (Å²) in [6, 6.07) is 6.68. The van der Waals surface area contributed by atoms with Crippen LogP contribution in [0, 0.1) is 6.92 Å². The van der Waals surface area contributed by atoms with Crippen molar-refractivity contribution in [2.45, 2.75) is 30.1 Å². The fraction of sp³-hybridized carbons (Fsp3) is 0.438. The molecule has 0 amide bonds. The molecular formula is C16H20N2O4S2. The molecule has 0 bridgehead atoms. The van der Waals surface area contributed by atoms with Crippen LogP contribution in [-0.4, -0.2) is 36.5 Å². The molecule has 0 N–H and O–H groups in total. The Morgan fingerprint density at radius 3 is 2.54 bits per heavy atom. The highest BCUT2D eigenvalue weighted by atomic mass is 32.2. The van der Waals surface area contributed by atoms with Crippen LogP contribution in [0.2, 0.25) is 0 Å². The van der Waals surface area contributed by atoms with Crippen LogP contribution in [0.15, 0.2) is 38.6 Å².